The van der Waals surface area contributed by atoms with Crippen molar-refractivity contribution in [3.63, 3.8) is 0 Å². The molecule has 0 aliphatic carbocycles. The van der Waals surface area contributed by atoms with Gasteiger partial charge in [-0.2, -0.15) is 0 Å². The number of likely N-dealkylation sites (tertiary alicyclic amines) is 1. The molecule has 0 saturated carbocycles. The zero-order valence-corrected chi connectivity index (χ0v) is 10.9. The van der Waals surface area contributed by atoms with Crippen LogP contribution in [0, 0.1) is 0 Å². The topological polar surface area (TPSA) is 32.7 Å². The summed E-state index contributed by atoms with van der Waals surface area (Å²) in [5.41, 5.74) is 2.51. The molecule has 3 nitrogen and oxygen atoms in total. The van der Waals surface area contributed by atoms with E-state index in [1.54, 1.807) is 0 Å². The molecule has 2 saturated heterocycles. The molecule has 1 N–H and O–H groups in total. The van der Waals surface area contributed by atoms with Crippen molar-refractivity contribution in [2.24, 2.45) is 0 Å². The zero-order valence-electron chi connectivity index (χ0n) is 10.9. The molecule has 18 heavy (non-hydrogen) atoms. The molecule has 98 valence electrons. The molecule has 0 aromatic heterocycles. The third-order valence-electron chi connectivity index (χ3n) is 4.45. The van der Waals surface area contributed by atoms with Crippen LogP contribution in [0.4, 0.5) is 0 Å². The van der Waals surface area contributed by atoms with E-state index >= 15 is 0 Å². The van der Waals surface area contributed by atoms with Gasteiger partial charge in [0.25, 0.3) is 0 Å². The predicted octanol–water partition coefficient (Wildman–Crippen LogP) is 1.37. The minimum atomic E-state index is -0.134. The molecule has 0 radical (unpaired) electrons. The molecule has 2 heterocycles. The summed E-state index contributed by atoms with van der Waals surface area (Å²) in [6.45, 7) is 3.83. The van der Waals surface area contributed by atoms with Crippen LogP contribution >= 0.6 is 0 Å². The molecule has 0 spiro atoms. The third-order valence-corrected chi connectivity index (χ3v) is 4.45. The van der Waals surface area contributed by atoms with Gasteiger partial charge in [-0.3, -0.25) is 0 Å². The Bertz CT molecular complexity index is 405. The van der Waals surface area contributed by atoms with Gasteiger partial charge in [0.15, 0.2) is 0 Å². The van der Waals surface area contributed by atoms with E-state index in [2.05, 4.69) is 36.2 Å². The highest BCUT2D eigenvalue weighted by Crippen LogP contribution is 2.33. The molecule has 3 heteroatoms. The van der Waals surface area contributed by atoms with E-state index in [9.17, 15) is 5.11 Å². The second kappa shape index (κ2) is 4.65. The van der Waals surface area contributed by atoms with Gasteiger partial charge in [-0.1, -0.05) is 24.3 Å². The highest BCUT2D eigenvalue weighted by Gasteiger charge is 2.39. The van der Waals surface area contributed by atoms with Crippen molar-refractivity contribution in [2.45, 2.75) is 17.8 Å². The predicted molar refractivity (Wildman–Crippen MR) is 70.9 cm³/mol. The van der Waals surface area contributed by atoms with Crippen molar-refractivity contribution in [1.29, 1.82) is 0 Å². The van der Waals surface area contributed by atoms with Gasteiger partial charge in [0.2, 0.25) is 0 Å². The van der Waals surface area contributed by atoms with Crippen LogP contribution in [0.2, 0.25) is 0 Å². The number of aliphatic hydroxyl groups is 1. The number of rotatable bonds is 3. The van der Waals surface area contributed by atoms with Crippen LogP contribution in [0.15, 0.2) is 24.3 Å². The first kappa shape index (κ1) is 12.2. The third kappa shape index (κ3) is 1.96. The number of benzene rings is 1. The molecular formula is C15H21NO2. The molecule has 2 fully saturated rings. The van der Waals surface area contributed by atoms with Gasteiger partial charge in [0.1, 0.15) is 0 Å². The standard InChI is InChI=1S/C15H21NO2/c1-16-7-6-13(8-16)12-2-4-14(5-3-12)15(9-17)10-18-11-15/h2-5,13,17H,6-11H2,1H3. The van der Waals surface area contributed by atoms with Crippen LogP contribution in [0.3, 0.4) is 0 Å². The fraction of sp³-hybridized carbons (Fsp3) is 0.600. The molecule has 2 aliphatic heterocycles. The average molecular weight is 247 g/mol. The first-order valence-electron chi connectivity index (χ1n) is 6.71. The monoisotopic (exact) mass is 247 g/mol. The fourth-order valence-electron chi connectivity index (χ4n) is 3.01. The summed E-state index contributed by atoms with van der Waals surface area (Å²) in [7, 11) is 2.18. The first-order valence-corrected chi connectivity index (χ1v) is 6.71. The van der Waals surface area contributed by atoms with Gasteiger partial charge in [0, 0.05) is 6.54 Å². The maximum atomic E-state index is 9.52. The summed E-state index contributed by atoms with van der Waals surface area (Å²) >= 11 is 0. The maximum Gasteiger partial charge on any atom is 0.0651 e. The summed E-state index contributed by atoms with van der Waals surface area (Å²) in [6, 6.07) is 8.81. The zero-order chi connectivity index (χ0) is 12.6. The lowest BCUT2D eigenvalue weighted by atomic mass is 9.79. The van der Waals surface area contributed by atoms with Crippen molar-refractivity contribution >= 4 is 0 Å². The summed E-state index contributed by atoms with van der Waals surface area (Å²) in [5.74, 6) is 0.673. The first-order chi connectivity index (χ1) is 8.73. The minimum Gasteiger partial charge on any atom is -0.395 e. The lowest BCUT2D eigenvalue weighted by Gasteiger charge is -2.40. The molecular weight excluding hydrogens is 226 g/mol. The Kier molecular flexibility index (Phi) is 3.14. The van der Waals surface area contributed by atoms with Gasteiger partial charge in [-0.15, -0.1) is 0 Å². The largest absolute Gasteiger partial charge is 0.395 e. The molecule has 1 aromatic rings. The van der Waals surface area contributed by atoms with E-state index in [1.807, 2.05) is 0 Å². The normalized spacial score (nSPS) is 27.1. The van der Waals surface area contributed by atoms with Crippen molar-refractivity contribution in [2.75, 3.05) is 40.0 Å². The van der Waals surface area contributed by atoms with E-state index in [-0.39, 0.29) is 12.0 Å². The van der Waals surface area contributed by atoms with Crippen LogP contribution in [-0.2, 0) is 10.2 Å². The Hall–Kier alpha value is -0.900. The van der Waals surface area contributed by atoms with E-state index in [0.29, 0.717) is 19.1 Å². The molecule has 1 unspecified atom stereocenters. The second-order valence-corrected chi connectivity index (χ2v) is 5.80. The van der Waals surface area contributed by atoms with Crippen molar-refractivity contribution in [1.82, 2.24) is 4.90 Å². The highest BCUT2D eigenvalue weighted by atomic mass is 16.5. The minimum absolute atomic E-state index is 0.134. The van der Waals surface area contributed by atoms with Gasteiger partial charge >= 0.3 is 0 Å². The Balaban J connectivity index is 1.77. The number of hydrogen-bond acceptors (Lipinski definition) is 3. The molecule has 0 bridgehead atoms. The van der Waals surface area contributed by atoms with E-state index in [1.165, 1.54) is 24.1 Å². The van der Waals surface area contributed by atoms with Crippen molar-refractivity contribution < 1.29 is 9.84 Å². The molecule has 2 aliphatic rings. The quantitative estimate of drug-likeness (QED) is 0.875. The fourth-order valence-corrected chi connectivity index (χ4v) is 3.01. The maximum absolute atomic E-state index is 9.52. The van der Waals surface area contributed by atoms with E-state index in [0.717, 1.165) is 6.54 Å². The van der Waals surface area contributed by atoms with Crippen LogP contribution in [0.5, 0.6) is 0 Å². The number of aliphatic hydroxyl groups excluding tert-OH is 1. The number of likely N-dealkylation sites (N-methyl/N-ethyl adjacent to an activating group) is 1. The number of nitrogens with zero attached hydrogens (tertiary/aromatic N) is 1. The molecule has 0 amide bonds. The number of ether oxygens (including phenoxy) is 1. The van der Waals surface area contributed by atoms with Crippen molar-refractivity contribution in [3.8, 4) is 0 Å². The van der Waals surface area contributed by atoms with Gasteiger partial charge in [0.05, 0.1) is 25.2 Å². The van der Waals surface area contributed by atoms with Crippen LogP contribution in [0.25, 0.3) is 0 Å². The summed E-state index contributed by atoms with van der Waals surface area (Å²) in [4.78, 5) is 2.38. The average Bonchev–Trinajstić information content (AvgIpc) is 2.76. The van der Waals surface area contributed by atoms with Gasteiger partial charge in [-0.25, -0.2) is 0 Å². The smallest absolute Gasteiger partial charge is 0.0651 e. The SMILES string of the molecule is CN1CCC(c2ccc(C3(CO)COC3)cc2)C1. The Morgan fingerprint density at radius 1 is 1.33 bits per heavy atom. The second-order valence-electron chi connectivity index (χ2n) is 5.80. The number of hydrogen-bond donors (Lipinski definition) is 1. The summed E-state index contributed by atoms with van der Waals surface area (Å²) in [6.07, 6.45) is 1.25. The Morgan fingerprint density at radius 3 is 2.50 bits per heavy atom. The highest BCUT2D eigenvalue weighted by molar-refractivity contribution is 5.33. The molecule has 1 aromatic carbocycles. The van der Waals surface area contributed by atoms with Crippen molar-refractivity contribution in [3.05, 3.63) is 35.4 Å². The van der Waals surface area contributed by atoms with Crippen LogP contribution < -0.4 is 0 Å². The molecule has 3 rings (SSSR count). The Morgan fingerprint density at radius 2 is 2.06 bits per heavy atom. The lowest BCUT2D eigenvalue weighted by molar-refractivity contribution is -0.0841. The van der Waals surface area contributed by atoms with Gasteiger partial charge < -0.3 is 14.7 Å². The lowest BCUT2D eigenvalue weighted by Crippen LogP contribution is -2.49. The molecule has 1 atom stereocenters. The van der Waals surface area contributed by atoms with Crippen LogP contribution in [0.1, 0.15) is 23.5 Å². The van der Waals surface area contributed by atoms with E-state index in [4.69, 9.17) is 4.74 Å². The summed E-state index contributed by atoms with van der Waals surface area (Å²) < 4.78 is 5.26. The van der Waals surface area contributed by atoms with Gasteiger partial charge in [-0.05, 0) is 37.1 Å². The van der Waals surface area contributed by atoms with Crippen LogP contribution in [-0.4, -0.2) is 50.0 Å². The van der Waals surface area contributed by atoms with E-state index < -0.39 is 0 Å². The summed E-state index contributed by atoms with van der Waals surface area (Å²) in [5, 5.41) is 9.52. The Labute approximate surface area is 108 Å².